The van der Waals surface area contributed by atoms with Crippen molar-refractivity contribution >= 4 is 23.4 Å². The van der Waals surface area contributed by atoms with Crippen molar-refractivity contribution in [3.63, 3.8) is 0 Å². The van der Waals surface area contributed by atoms with Gasteiger partial charge in [-0.2, -0.15) is 0 Å². The van der Waals surface area contributed by atoms with Gasteiger partial charge in [-0.3, -0.25) is 14.4 Å². The van der Waals surface area contributed by atoms with Gasteiger partial charge in [0.15, 0.2) is 12.6 Å². The number of benzene rings is 1. The maximum absolute atomic E-state index is 12.8. The van der Waals surface area contributed by atoms with Crippen molar-refractivity contribution in [3.05, 3.63) is 24.3 Å². The predicted octanol–water partition coefficient (Wildman–Crippen LogP) is -3.40. The minimum atomic E-state index is -0.353. The quantitative estimate of drug-likeness (QED) is 0.483. The van der Waals surface area contributed by atoms with Crippen LogP contribution in [0.3, 0.4) is 0 Å². The molecule has 25 heavy (non-hydrogen) atoms. The maximum Gasteiger partial charge on any atom is 0.292 e. The summed E-state index contributed by atoms with van der Waals surface area (Å²) in [4.78, 5) is 39.8. The van der Waals surface area contributed by atoms with E-state index in [0.29, 0.717) is 18.0 Å². The molecule has 2 saturated heterocycles. The number of amides is 3. The number of carbonyl (C=O) groups excluding carboxylic acids is 3. The number of ether oxygens (including phenoxy) is 1. The number of carbonyl (C=O) groups is 3. The average molecular weight is 348 g/mol. The van der Waals surface area contributed by atoms with Gasteiger partial charge in [-0.1, -0.05) is 6.07 Å². The topological polar surface area (TPSA) is 98.6 Å². The molecule has 0 spiro atoms. The third kappa shape index (κ3) is 3.64. The Hall–Kier alpha value is -2.45. The third-order valence-electron chi connectivity index (χ3n) is 4.97. The molecule has 2 aliphatic rings. The van der Waals surface area contributed by atoms with Gasteiger partial charge in [0.25, 0.3) is 11.8 Å². The van der Waals surface area contributed by atoms with Crippen LogP contribution in [0, 0.1) is 0 Å². The van der Waals surface area contributed by atoms with E-state index in [-0.39, 0.29) is 30.2 Å². The molecule has 0 aliphatic carbocycles. The van der Waals surface area contributed by atoms with Crippen LogP contribution >= 0.6 is 0 Å². The van der Waals surface area contributed by atoms with E-state index >= 15 is 0 Å². The van der Waals surface area contributed by atoms with Crippen LogP contribution in [0.2, 0.25) is 0 Å². The lowest BCUT2D eigenvalue weighted by molar-refractivity contribution is -1.02. The highest BCUT2D eigenvalue weighted by molar-refractivity contribution is 6.21. The smallest absolute Gasteiger partial charge is 0.292 e. The second kappa shape index (κ2) is 7.20. The Bertz CT molecular complexity index is 685. The van der Waals surface area contributed by atoms with Crippen molar-refractivity contribution in [3.8, 4) is 5.75 Å². The van der Waals surface area contributed by atoms with Crippen LogP contribution in [0.4, 0.5) is 5.69 Å². The number of piperazine rings is 1. The van der Waals surface area contributed by atoms with Gasteiger partial charge >= 0.3 is 0 Å². The molecule has 0 radical (unpaired) electrons. The summed E-state index contributed by atoms with van der Waals surface area (Å²) in [6, 6.07) is 6.63. The first-order valence-electron chi connectivity index (χ1n) is 8.47. The highest BCUT2D eigenvalue weighted by atomic mass is 16.5. The summed E-state index contributed by atoms with van der Waals surface area (Å²) in [5, 5.41) is 0. The van der Waals surface area contributed by atoms with Gasteiger partial charge < -0.3 is 20.3 Å². The lowest BCUT2D eigenvalue weighted by atomic mass is 10.1. The van der Waals surface area contributed by atoms with Crippen LogP contribution in [0.15, 0.2) is 24.3 Å². The Balaban J connectivity index is 1.68. The van der Waals surface area contributed by atoms with E-state index < -0.39 is 0 Å². The number of nitrogens with two attached hydrogens (primary N) is 1. The summed E-state index contributed by atoms with van der Waals surface area (Å²) >= 11 is 0. The molecule has 3 rings (SSSR count). The molecule has 0 saturated carbocycles. The van der Waals surface area contributed by atoms with E-state index in [0.717, 1.165) is 36.0 Å². The molecular weight excluding hydrogens is 324 g/mol. The van der Waals surface area contributed by atoms with E-state index in [1.54, 1.807) is 31.4 Å². The van der Waals surface area contributed by atoms with Gasteiger partial charge in [0.1, 0.15) is 31.9 Å². The van der Waals surface area contributed by atoms with Gasteiger partial charge in [-0.05, 0) is 12.1 Å². The first-order valence-corrected chi connectivity index (χ1v) is 8.47. The summed E-state index contributed by atoms with van der Waals surface area (Å²) in [6.45, 7) is 3.36. The van der Waals surface area contributed by atoms with Crippen molar-refractivity contribution in [2.75, 3.05) is 44.7 Å². The number of quaternary nitrogens is 2. The maximum atomic E-state index is 12.8. The minimum Gasteiger partial charge on any atom is -0.497 e. The van der Waals surface area contributed by atoms with Crippen LogP contribution < -0.4 is 25.2 Å². The van der Waals surface area contributed by atoms with Gasteiger partial charge in [0.05, 0.1) is 19.2 Å². The molecule has 2 heterocycles. The van der Waals surface area contributed by atoms with E-state index in [1.807, 2.05) is 0 Å². The third-order valence-corrected chi connectivity index (χ3v) is 4.97. The Morgan fingerprint density at radius 1 is 1.28 bits per heavy atom. The van der Waals surface area contributed by atoms with Crippen molar-refractivity contribution in [1.82, 2.24) is 0 Å². The van der Waals surface area contributed by atoms with Crippen LogP contribution in [-0.4, -0.2) is 63.6 Å². The lowest BCUT2D eigenvalue weighted by Gasteiger charge is -2.31. The minimum absolute atomic E-state index is 0.161. The van der Waals surface area contributed by atoms with E-state index in [1.165, 1.54) is 4.90 Å². The van der Waals surface area contributed by atoms with Crippen LogP contribution in [0.25, 0.3) is 0 Å². The molecule has 134 valence electrons. The Labute approximate surface area is 146 Å². The zero-order valence-corrected chi connectivity index (χ0v) is 14.3. The number of hydrogen-bond donors (Lipinski definition) is 3. The molecule has 1 atom stereocenters. The van der Waals surface area contributed by atoms with Crippen molar-refractivity contribution in [2.45, 2.75) is 12.5 Å². The normalized spacial score (nSPS) is 26.8. The molecule has 2 aliphatic heterocycles. The summed E-state index contributed by atoms with van der Waals surface area (Å²) < 4.78 is 5.18. The van der Waals surface area contributed by atoms with Crippen LogP contribution in [0.1, 0.15) is 6.42 Å². The fourth-order valence-electron chi connectivity index (χ4n) is 3.67. The summed E-state index contributed by atoms with van der Waals surface area (Å²) in [5.74, 6) is -0.0402. The summed E-state index contributed by atoms with van der Waals surface area (Å²) in [5.41, 5.74) is 5.79. The monoisotopic (exact) mass is 348 g/mol. The number of rotatable bonds is 5. The molecule has 1 aromatic rings. The average Bonchev–Trinajstić information content (AvgIpc) is 2.89. The predicted molar refractivity (Wildman–Crippen MR) is 89.3 cm³/mol. The molecule has 8 heteroatoms. The summed E-state index contributed by atoms with van der Waals surface area (Å²) in [6.07, 6.45) is 0.219. The van der Waals surface area contributed by atoms with Crippen molar-refractivity contribution < 1.29 is 28.9 Å². The number of nitrogens with one attached hydrogen (secondary N) is 2. The number of imide groups is 1. The molecule has 4 N–H and O–H groups in total. The van der Waals surface area contributed by atoms with E-state index in [9.17, 15) is 14.4 Å². The van der Waals surface area contributed by atoms with E-state index in [2.05, 4.69) is 0 Å². The van der Waals surface area contributed by atoms with Crippen LogP contribution in [0.5, 0.6) is 5.75 Å². The molecule has 0 bridgehead atoms. The molecule has 3 amide bonds. The largest absolute Gasteiger partial charge is 0.497 e. The van der Waals surface area contributed by atoms with Crippen molar-refractivity contribution in [1.29, 1.82) is 0 Å². The highest BCUT2D eigenvalue weighted by Crippen LogP contribution is 2.25. The Morgan fingerprint density at radius 3 is 2.64 bits per heavy atom. The van der Waals surface area contributed by atoms with Gasteiger partial charge in [-0.15, -0.1) is 0 Å². The second-order valence-corrected chi connectivity index (χ2v) is 6.58. The number of primary amides is 1. The van der Waals surface area contributed by atoms with Crippen LogP contribution in [-0.2, 0) is 14.4 Å². The van der Waals surface area contributed by atoms with Gasteiger partial charge in [0, 0.05) is 6.07 Å². The van der Waals surface area contributed by atoms with E-state index in [4.69, 9.17) is 10.5 Å². The second-order valence-electron chi connectivity index (χ2n) is 6.58. The molecule has 0 aromatic heterocycles. The molecule has 2 fully saturated rings. The Morgan fingerprint density at radius 2 is 2.00 bits per heavy atom. The number of methoxy groups -OCH3 is 1. The summed E-state index contributed by atoms with van der Waals surface area (Å²) in [7, 11) is 1.55. The Kier molecular flexibility index (Phi) is 5.00. The zero-order valence-electron chi connectivity index (χ0n) is 14.3. The first kappa shape index (κ1) is 17.4. The SMILES string of the molecule is COc1cccc(N2C(=O)C[C@H]([NH+]3CC[NH+](CC(N)=O)CC3)C2=O)c1. The number of hydrogen-bond acceptors (Lipinski definition) is 4. The van der Waals surface area contributed by atoms with Gasteiger partial charge in [0.2, 0.25) is 5.91 Å². The molecular formula is C17H24N4O4+2. The number of nitrogens with zero attached hydrogens (tertiary/aromatic N) is 1. The fourth-order valence-corrected chi connectivity index (χ4v) is 3.67. The molecule has 1 aromatic carbocycles. The zero-order chi connectivity index (χ0) is 18.0. The highest BCUT2D eigenvalue weighted by Gasteiger charge is 2.47. The lowest BCUT2D eigenvalue weighted by Crippen LogP contribution is -3.30. The van der Waals surface area contributed by atoms with Gasteiger partial charge in [-0.25, -0.2) is 4.90 Å². The molecule has 0 unspecified atom stereocenters. The number of anilines is 1. The van der Waals surface area contributed by atoms with Crippen molar-refractivity contribution in [2.24, 2.45) is 5.73 Å². The standard InChI is InChI=1S/C17H22N4O4/c1-25-13-4-2-3-12(9-13)21-16(23)10-14(17(21)24)20-7-5-19(6-8-20)11-15(18)22/h2-4,9,14H,5-8,10-11H2,1H3,(H2,18,22)/p+2/t14-/m0/s1. The molecule has 8 nitrogen and oxygen atoms in total. The first-order chi connectivity index (χ1) is 12.0. The fraction of sp³-hybridized carbons (Fsp3) is 0.471.